The van der Waals surface area contributed by atoms with Crippen molar-refractivity contribution >= 4 is 20.8 Å². The molecular weight excluding hydrogens is 258 g/mol. The molecule has 0 amide bonds. The van der Waals surface area contributed by atoms with E-state index in [0.717, 1.165) is 23.1 Å². The van der Waals surface area contributed by atoms with Crippen LogP contribution in [0.3, 0.4) is 0 Å². The van der Waals surface area contributed by atoms with Crippen molar-refractivity contribution < 1.29 is 8.42 Å². The molecule has 0 unspecified atom stereocenters. The topological polar surface area (TPSA) is 46.2 Å². The van der Waals surface area contributed by atoms with Gasteiger partial charge in [0.05, 0.1) is 4.90 Å². The lowest BCUT2D eigenvalue weighted by atomic mass is 10.1. The van der Waals surface area contributed by atoms with E-state index in [-0.39, 0.29) is 0 Å². The van der Waals surface area contributed by atoms with Crippen LogP contribution < -0.4 is 4.72 Å². The lowest BCUT2D eigenvalue weighted by Gasteiger charge is -2.09. The third-order valence-corrected chi connectivity index (χ3v) is 5.10. The molecule has 1 aliphatic carbocycles. The molecule has 3 nitrogen and oxygen atoms in total. The van der Waals surface area contributed by atoms with Crippen molar-refractivity contribution in [3.05, 3.63) is 42.5 Å². The van der Waals surface area contributed by atoms with Gasteiger partial charge in [-0.25, -0.2) is 13.1 Å². The summed E-state index contributed by atoms with van der Waals surface area (Å²) < 4.78 is 27.4. The lowest BCUT2D eigenvalue weighted by molar-refractivity contribution is 0.576. The molecule has 3 rings (SSSR count). The van der Waals surface area contributed by atoms with Gasteiger partial charge in [0.25, 0.3) is 0 Å². The molecule has 0 radical (unpaired) electrons. The number of nitrogens with one attached hydrogen (secondary N) is 1. The van der Waals surface area contributed by atoms with Crippen LogP contribution in [-0.2, 0) is 10.0 Å². The highest BCUT2D eigenvalue weighted by Gasteiger charge is 2.22. The van der Waals surface area contributed by atoms with Gasteiger partial charge in [0, 0.05) is 11.9 Å². The van der Waals surface area contributed by atoms with Crippen LogP contribution in [0.5, 0.6) is 0 Å². The van der Waals surface area contributed by atoms with Crippen LogP contribution in [0.25, 0.3) is 10.8 Å². The zero-order chi connectivity index (χ0) is 13.3. The first-order valence-corrected chi connectivity index (χ1v) is 8.12. The fourth-order valence-corrected chi connectivity index (χ4v) is 3.59. The smallest absolute Gasteiger partial charge is 0.211 e. The molecule has 0 spiro atoms. The fraction of sp³-hybridized carbons (Fsp3) is 0.333. The Morgan fingerprint density at radius 2 is 1.79 bits per heavy atom. The van der Waals surface area contributed by atoms with Gasteiger partial charge in [-0.3, -0.25) is 0 Å². The molecule has 0 bridgehead atoms. The molecule has 1 saturated carbocycles. The fourth-order valence-electron chi connectivity index (χ4n) is 2.31. The van der Waals surface area contributed by atoms with Crippen LogP contribution >= 0.6 is 0 Å². The van der Waals surface area contributed by atoms with Crippen LogP contribution in [0.4, 0.5) is 0 Å². The summed E-state index contributed by atoms with van der Waals surface area (Å²) in [6.07, 6.45) is 3.44. The number of hydrogen-bond acceptors (Lipinski definition) is 2. The molecule has 0 aliphatic heterocycles. The van der Waals surface area contributed by atoms with E-state index in [9.17, 15) is 8.42 Å². The molecule has 19 heavy (non-hydrogen) atoms. The van der Waals surface area contributed by atoms with Crippen molar-refractivity contribution in [1.29, 1.82) is 0 Å². The van der Waals surface area contributed by atoms with Gasteiger partial charge in [-0.2, -0.15) is 0 Å². The van der Waals surface area contributed by atoms with Gasteiger partial charge in [0.15, 0.2) is 0 Å². The highest BCUT2D eigenvalue weighted by atomic mass is 32.2. The maximum Gasteiger partial charge on any atom is 0.241 e. The highest BCUT2D eigenvalue weighted by Crippen LogP contribution is 2.32. The van der Waals surface area contributed by atoms with Crippen molar-refractivity contribution in [3.8, 4) is 0 Å². The van der Waals surface area contributed by atoms with E-state index in [1.165, 1.54) is 12.8 Å². The Morgan fingerprint density at radius 1 is 1.05 bits per heavy atom. The predicted molar refractivity (Wildman–Crippen MR) is 76.5 cm³/mol. The molecule has 1 aliphatic rings. The summed E-state index contributed by atoms with van der Waals surface area (Å²) >= 11 is 0. The minimum Gasteiger partial charge on any atom is -0.211 e. The van der Waals surface area contributed by atoms with Gasteiger partial charge in [0.2, 0.25) is 10.0 Å². The number of hydrogen-bond donors (Lipinski definition) is 1. The molecule has 0 aromatic heterocycles. The third kappa shape index (κ3) is 2.80. The summed E-state index contributed by atoms with van der Waals surface area (Å²) in [5.74, 6) is 0.732. The molecule has 0 saturated heterocycles. The maximum atomic E-state index is 12.3. The summed E-state index contributed by atoms with van der Waals surface area (Å²) in [4.78, 5) is 0.376. The summed E-state index contributed by atoms with van der Waals surface area (Å²) in [6, 6.07) is 13.0. The predicted octanol–water partition coefficient (Wildman–Crippen LogP) is 2.92. The Bertz CT molecular complexity index is 685. The van der Waals surface area contributed by atoms with Gasteiger partial charge < -0.3 is 0 Å². The van der Waals surface area contributed by atoms with E-state index in [2.05, 4.69) is 4.72 Å². The molecule has 2 aromatic rings. The number of rotatable bonds is 5. The molecular formula is C15H17NO2S. The van der Waals surface area contributed by atoms with E-state index in [0.29, 0.717) is 11.4 Å². The minimum atomic E-state index is -3.40. The van der Waals surface area contributed by atoms with E-state index in [1.54, 1.807) is 12.1 Å². The van der Waals surface area contributed by atoms with Crippen molar-refractivity contribution in [3.63, 3.8) is 0 Å². The van der Waals surface area contributed by atoms with Crippen molar-refractivity contribution in [2.75, 3.05) is 6.54 Å². The van der Waals surface area contributed by atoms with E-state index in [4.69, 9.17) is 0 Å². The van der Waals surface area contributed by atoms with Crippen LogP contribution in [0, 0.1) is 5.92 Å². The first-order valence-electron chi connectivity index (χ1n) is 6.64. The van der Waals surface area contributed by atoms with Crippen LogP contribution in [0.2, 0.25) is 0 Å². The van der Waals surface area contributed by atoms with E-state index < -0.39 is 10.0 Å². The third-order valence-electron chi connectivity index (χ3n) is 3.58. The molecule has 2 aromatic carbocycles. The molecule has 0 atom stereocenters. The molecule has 0 heterocycles. The van der Waals surface area contributed by atoms with E-state index >= 15 is 0 Å². The summed E-state index contributed by atoms with van der Waals surface area (Å²) in [5.41, 5.74) is 0. The Labute approximate surface area is 113 Å². The van der Waals surface area contributed by atoms with Gasteiger partial charge in [0.1, 0.15) is 0 Å². The zero-order valence-electron chi connectivity index (χ0n) is 10.7. The first-order chi connectivity index (χ1) is 9.17. The van der Waals surface area contributed by atoms with Crippen LogP contribution in [0.1, 0.15) is 19.3 Å². The standard InChI is InChI=1S/C15H17NO2S/c17-19(18,16-11-10-12-8-9-12)15-7-3-5-13-4-1-2-6-14(13)15/h1-7,12,16H,8-11H2. The normalized spacial score (nSPS) is 15.8. The summed E-state index contributed by atoms with van der Waals surface area (Å²) in [5, 5.41) is 1.73. The average Bonchev–Trinajstić information content (AvgIpc) is 3.22. The van der Waals surface area contributed by atoms with Gasteiger partial charge >= 0.3 is 0 Å². The zero-order valence-corrected chi connectivity index (χ0v) is 11.5. The lowest BCUT2D eigenvalue weighted by Crippen LogP contribution is -2.25. The monoisotopic (exact) mass is 275 g/mol. The summed E-state index contributed by atoms with van der Waals surface area (Å²) in [7, 11) is -3.40. The minimum absolute atomic E-state index is 0.376. The molecule has 1 fully saturated rings. The quantitative estimate of drug-likeness (QED) is 0.912. The Hall–Kier alpha value is -1.39. The van der Waals surface area contributed by atoms with Gasteiger partial charge in [-0.1, -0.05) is 49.2 Å². The molecule has 4 heteroatoms. The van der Waals surface area contributed by atoms with Crippen molar-refractivity contribution in [2.45, 2.75) is 24.2 Å². The Balaban J connectivity index is 1.88. The average molecular weight is 275 g/mol. The second-order valence-corrected chi connectivity index (χ2v) is 6.84. The van der Waals surface area contributed by atoms with Crippen LogP contribution in [-0.4, -0.2) is 15.0 Å². The highest BCUT2D eigenvalue weighted by molar-refractivity contribution is 7.89. The molecule has 1 N–H and O–H groups in total. The van der Waals surface area contributed by atoms with E-state index in [1.807, 2.05) is 30.3 Å². The second-order valence-electron chi connectivity index (χ2n) is 5.11. The largest absolute Gasteiger partial charge is 0.241 e. The van der Waals surface area contributed by atoms with Crippen molar-refractivity contribution in [2.24, 2.45) is 5.92 Å². The Kier molecular flexibility index (Phi) is 3.29. The maximum absolute atomic E-state index is 12.3. The number of benzene rings is 2. The Morgan fingerprint density at radius 3 is 2.58 bits per heavy atom. The van der Waals surface area contributed by atoms with Gasteiger partial charge in [-0.05, 0) is 23.8 Å². The summed E-state index contributed by atoms with van der Waals surface area (Å²) in [6.45, 7) is 0.538. The van der Waals surface area contributed by atoms with Crippen molar-refractivity contribution in [1.82, 2.24) is 4.72 Å². The number of fused-ring (bicyclic) bond motifs is 1. The van der Waals surface area contributed by atoms with Crippen LogP contribution in [0.15, 0.2) is 47.4 Å². The van der Waals surface area contributed by atoms with Gasteiger partial charge in [-0.15, -0.1) is 0 Å². The SMILES string of the molecule is O=S(=O)(NCCC1CC1)c1cccc2ccccc12. The number of sulfonamides is 1. The first kappa shape index (κ1) is 12.6. The second kappa shape index (κ2) is 4.94. The molecule has 100 valence electrons.